The second-order valence-corrected chi connectivity index (χ2v) is 8.68. The van der Waals surface area contributed by atoms with Gasteiger partial charge < -0.3 is 5.32 Å². The number of alkyl halides is 2. The van der Waals surface area contributed by atoms with Gasteiger partial charge in [0, 0.05) is 35.6 Å². The lowest BCUT2D eigenvalue weighted by Gasteiger charge is -2.17. The zero-order chi connectivity index (χ0) is 27.1. The number of benzene rings is 1. The molecule has 0 fully saturated rings. The normalized spacial score (nSPS) is 11.8. The molecule has 3 aromatic rings. The molecule has 0 radical (unpaired) electrons. The van der Waals surface area contributed by atoms with E-state index in [1.807, 2.05) is 6.92 Å². The topological polar surface area (TPSA) is 109 Å². The van der Waals surface area contributed by atoms with Crippen molar-refractivity contribution in [3.63, 3.8) is 0 Å². The summed E-state index contributed by atoms with van der Waals surface area (Å²) in [6, 6.07) is 3.08. The molecule has 196 valence electrons. The van der Waals surface area contributed by atoms with E-state index in [0.29, 0.717) is 34.0 Å². The van der Waals surface area contributed by atoms with Crippen molar-refractivity contribution in [1.82, 2.24) is 31.1 Å². The first kappa shape index (κ1) is 27.9. The fourth-order valence-electron chi connectivity index (χ4n) is 3.57. The average Bonchev–Trinajstić information content (AvgIpc) is 2.86. The summed E-state index contributed by atoms with van der Waals surface area (Å²) in [6.45, 7) is 5.10. The summed E-state index contributed by atoms with van der Waals surface area (Å²) in [4.78, 5) is 36.2. The van der Waals surface area contributed by atoms with Crippen LogP contribution in [0, 0.1) is 12.7 Å². The minimum Gasteiger partial charge on any atom is -0.329 e. The molecule has 0 saturated carbocycles. The molecular weight excluding hydrogens is 509 g/mol. The van der Waals surface area contributed by atoms with Crippen LogP contribution >= 0.6 is 11.6 Å². The maximum atomic E-state index is 15.1. The quantitative estimate of drug-likeness (QED) is 0.348. The summed E-state index contributed by atoms with van der Waals surface area (Å²) < 4.78 is 40.8. The molecule has 37 heavy (non-hydrogen) atoms. The van der Waals surface area contributed by atoms with Gasteiger partial charge in [0.2, 0.25) is 6.43 Å². The van der Waals surface area contributed by atoms with Crippen molar-refractivity contribution in [3.8, 4) is 11.1 Å². The Labute approximate surface area is 217 Å². The van der Waals surface area contributed by atoms with Crippen molar-refractivity contribution >= 4 is 23.5 Å². The minimum absolute atomic E-state index is 0.0256. The van der Waals surface area contributed by atoms with Crippen molar-refractivity contribution in [2.45, 2.75) is 52.5 Å². The first-order chi connectivity index (χ1) is 17.6. The fourth-order valence-corrected chi connectivity index (χ4v) is 3.91. The lowest BCUT2D eigenvalue weighted by molar-refractivity contribution is 0.0935. The predicted molar refractivity (Wildman–Crippen MR) is 133 cm³/mol. The van der Waals surface area contributed by atoms with Crippen LogP contribution in [-0.4, -0.2) is 33.3 Å². The van der Waals surface area contributed by atoms with Crippen LogP contribution in [0.15, 0.2) is 36.8 Å². The SMILES string of the molecule is CCc1cc(Cl)c(CCC(F)F)c(-c2cnc(C(C)NC(=O)NNC(=O)c3cnc(C)nc3)c(F)c2)c1. The van der Waals surface area contributed by atoms with Crippen molar-refractivity contribution in [2.75, 3.05) is 0 Å². The molecule has 8 nitrogen and oxygen atoms in total. The molecule has 3 rings (SSSR count). The number of hydrogen-bond acceptors (Lipinski definition) is 5. The van der Waals surface area contributed by atoms with E-state index in [1.54, 1.807) is 19.1 Å². The number of aromatic nitrogens is 3. The molecule has 0 spiro atoms. The minimum atomic E-state index is -2.50. The molecule has 3 N–H and O–H groups in total. The highest BCUT2D eigenvalue weighted by atomic mass is 35.5. The summed E-state index contributed by atoms with van der Waals surface area (Å²) in [7, 11) is 0. The number of nitrogens with zero attached hydrogens (tertiary/aromatic N) is 3. The standard InChI is InChI=1S/C25H26ClF3N6O2/c1-4-15-7-19(18(20(26)8-15)5-6-22(28)29)16-9-21(27)23(32-10-16)13(2)33-25(37)35-34-24(36)17-11-30-14(3)31-12-17/h7-13,22H,4-6H2,1-3H3,(H,34,36)(H2,33,35,37). The maximum absolute atomic E-state index is 15.1. The summed E-state index contributed by atoms with van der Waals surface area (Å²) in [5.74, 6) is -0.849. The van der Waals surface area contributed by atoms with Gasteiger partial charge in [-0.25, -0.2) is 33.4 Å². The van der Waals surface area contributed by atoms with Crippen molar-refractivity contribution in [3.05, 3.63) is 75.8 Å². The van der Waals surface area contributed by atoms with E-state index in [2.05, 4.69) is 31.1 Å². The zero-order valence-electron chi connectivity index (χ0n) is 20.4. The van der Waals surface area contributed by atoms with E-state index >= 15 is 4.39 Å². The Morgan fingerprint density at radius 3 is 2.38 bits per heavy atom. The molecule has 0 aliphatic rings. The number of nitrogens with one attached hydrogen (secondary N) is 3. The first-order valence-corrected chi connectivity index (χ1v) is 11.9. The molecule has 0 saturated heterocycles. The molecule has 1 unspecified atom stereocenters. The average molecular weight is 535 g/mol. The van der Waals surface area contributed by atoms with Crippen molar-refractivity contribution in [2.24, 2.45) is 0 Å². The largest absolute Gasteiger partial charge is 0.334 e. The monoisotopic (exact) mass is 534 g/mol. The van der Waals surface area contributed by atoms with Gasteiger partial charge in [-0.05, 0) is 55.5 Å². The Kier molecular flexibility index (Phi) is 9.40. The van der Waals surface area contributed by atoms with Crippen LogP contribution in [0.4, 0.5) is 18.0 Å². The molecule has 12 heteroatoms. The molecular formula is C25H26ClF3N6O2. The third-order valence-electron chi connectivity index (χ3n) is 5.55. The highest BCUT2D eigenvalue weighted by Crippen LogP contribution is 2.33. The maximum Gasteiger partial charge on any atom is 0.334 e. The highest BCUT2D eigenvalue weighted by Gasteiger charge is 2.19. The van der Waals surface area contributed by atoms with Crippen LogP contribution in [0.1, 0.15) is 59.3 Å². The number of carbonyl (C=O) groups is 2. The molecule has 0 bridgehead atoms. The number of halogens is 4. The lowest BCUT2D eigenvalue weighted by Crippen LogP contribution is -2.47. The number of urea groups is 1. The van der Waals surface area contributed by atoms with Gasteiger partial charge in [-0.1, -0.05) is 24.6 Å². The van der Waals surface area contributed by atoms with Gasteiger partial charge in [0.25, 0.3) is 5.91 Å². The second kappa shape index (κ2) is 12.5. The summed E-state index contributed by atoms with van der Waals surface area (Å²) in [5, 5.41) is 2.82. The zero-order valence-corrected chi connectivity index (χ0v) is 21.2. The van der Waals surface area contributed by atoms with Gasteiger partial charge in [-0.2, -0.15) is 0 Å². The summed E-state index contributed by atoms with van der Waals surface area (Å²) >= 11 is 6.37. The van der Waals surface area contributed by atoms with Crippen LogP contribution in [0.3, 0.4) is 0 Å². The molecule has 2 aromatic heterocycles. The van der Waals surface area contributed by atoms with Crippen LogP contribution in [0.5, 0.6) is 0 Å². The van der Waals surface area contributed by atoms with Crippen LogP contribution < -0.4 is 16.2 Å². The Balaban J connectivity index is 1.72. The Bertz CT molecular complexity index is 1270. The number of rotatable bonds is 8. The molecule has 1 atom stereocenters. The molecule has 3 amide bonds. The first-order valence-electron chi connectivity index (χ1n) is 11.5. The summed E-state index contributed by atoms with van der Waals surface area (Å²) in [6.07, 6.45) is 1.82. The van der Waals surface area contributed by atoms with Crippen LogP contribution in [0.2, 0.25) is 5.02 Å². The van der Waals surface area contributed by atoms with Gasteiger partial charge >= 0.3 is 6.03 Å². The molecule has 0 aliphatic carbocycles. The Hall–Kier alpha value is -3.73. The smallest absolute Gasteiger partial charge is 0.329 e. The van der Waals surface area contributed by atoms with Gasteiger partial charge in [-0.15, -0.1) is 0 Å². The Morgan fingerprint density at radius 2 is 1.76 bits per heavy atom. The highest BCUT2D eigenvalue weighted by molar-refractivity contribution is 6.31. The Morgan fingerprint density at radius 1 is 1.05 bits per heavy atom. The van der Waals surface area contributed by atoms with Gasteiger partial charge in [-0.3, -0.25) is 15.2 Å². The van der Waals surface area contributed by atoms with E-state index in [9.17, 15) is 18.4 Å². The van der Waals surface area contributed by atoms with Crippen molar-refractivity contribution < 1.29 is 22.8 Å². The fraction of sp³-hybridized carbons (Fsp3) is 0.320. The van der Waals surface area contributed by atoms with E-state index in [-0.39, 0.29) is 24.1 Å². The van der Waals surface area contributed by atoms with Crippen LogP contribution in [0.25, 0.3) is 11.1 Å². The summed E-state index contributed by atoms with van der Waals surface area (Å²) in [5.41, 5.74) is 6.74. The van der Waals surface area contributed by atoms with E-state index < -0.39 is 30.2 Å². The third-order valence-corrected chi connectivity index (χ3v) is 5.88. The number of hydrazine groups is 1. The number of aryl methyl sites for hydroxylation is 2. The van der Waals surface area contributed by atoms with Crippen LogP contribution in [-0.2, 0) is 12.8 Å². The molecule has 0 aliphatic heterocycles. The third kappa shape index (κ3) is 7.39. The second-order valence-electron chi connectivity index (χ2n) is 8.27. The van der Waals surface area contributed by atoms with E-state index in [1.165, 1.54) is 31.6 Å². The number of hydrogen-bond donors (Lipinski definition) is 3. The predicted octanol–water partition coefficient (Wildman–Crippen LogP) is 5.10. The van der Waals surface area contributed by atoms with Gasteiger partial charge in [0.1, 0.15) is 11.6 Å². The van der Waals surface area contributed by atoms with E-state index in [0.717, 1.165) is 5.56 Å². The van der Waals surface area contributed by atoms with E-state index in [4.69, 9.17) is 11.6 Å². The van der Waals surface area contributed by atoms with Crippen molar-refractivity contribution in [1.29, 1.82) is 0 Å². The van der Waals surface area contributed by atoms with Gasteiger partial charge in [0.15, 0.2) is 0 Å². The number of carbonyl (C=O) groups excluding carboxylic acids is 2. The number of amides is 3. The molecule has 1 aromatic carbocycles. The lowest BCUT2D eigenvalue weighted by atomic mass is 9.94. The number of pyridine rings is 1. The van der Waals surface area contributed by atoms with Gasteiger partial charge in [0.05, 0.1) is 17.3 Å². The molecule has 2 heterocycles.